The van der Waals surface area contributed by atoms with Crippen molar-refractivity contribution in [2.24, 2.45) is 4.99 Å². The van der Waals surface area contributed by atoms with Crippen LogP contribution in [-0.4, -0.2) is 24.0 Å². The lowest BCUT2D eigenvalue weighted by Gasteiger charge is -2.12. The summed E-state index contributed by atoms with van der Waals surface area (Å²) in [7, 11) is 1.73. The molecular weight excluding hydrogens is 347 g/mol. The van der Waals surface area contributed by atoms with Crippen LogP contribution >= 0.6 is 22.9 Å². The summed E-state index contributed by atoms with van der Waals surface area (Å²) in [5.74, 6) is 0.556. The number of rotatable bonds is 4. The van der Waals surface area contributed by atoms with E-state index >= 15 is 0 Å². The summed E-state index contributed by atoms with van der Waals surface area (Å²) in [6.45, 7) is 4.68. The van der Waals surface area contributed by atoms with Crippen LogP contribution in [-0.2, 0) is 6.54 Å². The number of halogens is 2. The number of thiazole rings is 1. The van der Waals surface area contributed by atoms with Crippen molar-refractivity contribution in [3.05, 3.63) is 50.2 Å². The Labute approximate surface area is 150 Å². The third-order valence-electron chi connectivity index (χ3n) is 4.12. The molecule has 0 aliphatic heterocycles. The number of aromatic nitrogens is 1. The van der Waals surface area contributed by atoms with Gasteiger partial charge in [0.25, 0.3) is 0 Å². The number of aliphatic imine (C=N–C) groups is 1. The van der Waals surface area contributed by atoms with Gasteiger partial charge in [-0.15, -0.1) is 11.3 Å². The van der Waals surface area contributed by atoms with Crippen LogP contribution in [0.15, 0.2) is 23.2 Å². The molecule has 2 aromatic rings. The van der Waals surface area contributed by atoms with Gasteiger partial charge in [0.05, 0.1) is 17.2 Å². The molecule has 0 radical (unpaired) electrons. The van der Waals surface area contributed by atoms with E-state index in [-0.39, 0.29) is 17.8 Å². The zero-order valence-electron chi connectivity index (χ0n) is 13.9. The van der Waals surface area contributed by atoms with Crippen molar-refractivity contribution in [1.82, 2.24) is 15.6 Å². The molecule has 1 aromatic heterocycles. The van der Waals surface area contributed by atoms with E-state index < -0.39 is 0 Å². The lowest BCUT2D eigenvalue weighted by Crippen LogP contribution is -2.38. The van der Waals surface area contributed by atoms with Gasteiger partial charge in [0.1, 0.15) is 5.82 Å². The fourth-order valence-electron chi connectivity index (χ4n) is 2.81. The predicted octanol–water partition coefficient (Wildman–Crippen LogP) is 3.77. The Hall–Kier alpha value is -1.66. The lowest BCUT2D eigenvalue weighted by atomic mass is 10.1. The minimum Gasteiger partial charge on any atom is -0.353 e. The highest BCUT2D eigenvalue weighted by Crippen LogP contribution is 2.44. The average Bonchev–Trinajstić information content (AvgIpc) is 3.20. The maximum Gasteiger partial charge on any atom is 0.191 e. The summed E-state index contributed by atoms with van der Waals surface area (Å²) in [5.41, 5.74) is 1.64. The minimum absolute atomic E-state index is 0.0876. The van der Waals surface area contributed by atoms with Gasteiger partial charge in [-0.25, -0.2) is 9.37 Å². The monoisotopic (exact) mass is 366 g/mol. The Morgan fingerprint density at radius 3 is 2.88 bits per heavy atom. The topological polar surface area (TPSA) is 49.3 Å². The molecule has 1 aliphatic carbocycles. The number of nitrogens with one attached hydrogen (secondary N) is 2. The highest BCUT2D eigenvalue weighted by Gasteiger charge is 2.41. The van der Waals surface area contributed by atoms with Gasteiger partial charge in [0, 0.05) is 34.5 Å². The molecule has 2 N–H and O–H groups in total. The van der Waals surface area contributed by atoms with Crippen LogP contribution < -0.4 is 10.6 Å². The van der Waals surface area contributed by atoms with E-state index in [0.29, 0.717) is 23.1 Å². The predicted molar refractivity (Wildman–Crippen MR) is 97.5 cm³/mol. The molecular formula is C17H20ClFN4S. The molecule has 2 unspecified atom stereocenters. The molecule has 3 rings (SSSR count). The summed E-state index contributed by atoms with van der Waals surface area (Å²) >= 11 is 7.82. The Balaban J connectivity index is 1.59. The third-order valence-corrected chi connectivity index (χ3v) is 5.53. The highest BCUT2D eigenvalue weighted by atomic mass is 35.5. The summed E-state index contributed by atoms with van der Waals surface area (Å²) in [6, 6.07) is 4.97. The summed E-state index contributed by atoms with van der Waals surface area (Å²) < 4.78 is 14.0. The van der Waals surface area contributed by atoms with Crippen LogP contribution in [0.25, 0.3) is 0 Å². The van der Waals surface area contributed by atoms with E-state index in [0.717, 1.165) is 17.1 Å². The lowest BCUT2D eigenvalue weighted by molar-refractivity contribution is 0.608. The van der Waals surface area contributed by atoms with E-state index in [9.17, 15) is 4.39 Å². The van der Waals surface area contributed by atoms with Crippen LogP contribution in [0.4, 0.5) is 4.39 Å². The average molecular weight is 367 g/mol. The van der Waals surface area contributed by atoms with Crippen molar-refractivity contribution in [3.8, 4) is 0 Å². The van der Waals surface area contributed by atoms with Crippen molar-refractivity contribution >= 4 is 28.9 Å². The van der Waals surface area contributed by atoms with Crippen LogP contribution in [0, 0.1) is 19.7 Å². The van der Waals surface area contributed by atoms with Gasteiger partial charge in [-0.3, -0.25) is 4.99 Å². The summed E-state index contributed by atoms with van der Waals surface area (Å²) in [4.78, 5) is 9.86. The molecule has 128 valence electrons. The fraction of sp³-hybridized carbons (Fsp3) is 0.412. The summed E-state index contributed by atoms with van der Waals surface area (Å²) in [6.07, 6.45) is 0.847. The molecule has 1 heterocycles. The van der Waals surface area contributed by atoms with Gasteiger partial charge in [0.15, 0.2) is 5.96 Å². The van der Waals surface area contributed by atoms with Crippen molar-refractivity contribution < 1.29 is 4.39 Å². The van der Waals surface area contributed by atoms with Gasteiger partial charge in [-0.05, 0) is 32.4 Å². The molecule has 2 atom stereocenters. The van der Waals surface area contributed by atoms with Gasteiger partial charge in [0.2, 0.25) is 0 Å². The Morgan fingerprint density at radius 2 is 2.25 bits per heavy atom. The van der Waals surface area contributed by atoms with Gasteiger partial charge < -0.3 is 10.6 Å². The fourth-order valence-corrected chi connectivity index (χ4v) is 3.99. The van der Waals surface area contributed by atoms with E-state index in [1.165, 1.54) is 10.9 Å². The van der Waals surface area contributed by atoms with E-state index in [2.05, 4.69) is 20.6 Å². The molecule has 1 aliphatic rings. The molecule has 1 fully saturated rings. The van der Waals surface area contributed by atoms with E-state index in [1.54, 1.807) is 30.5 Å². The number of nitrogens with zero attached hydrogens (tertiary/aromatic N) is 2. The Morgan fingerprint density at radius 1 is 1.46 bits per heavy atom. The van der Waals surface area contributed by atoms with Crippen molar-refractivity contribution in [1.29, 1.82) is 0 Å². The SMILES string of the molecule is CN=C(NCc1sc(C)nc1C)NC1CC1c1c(F)cccc1Cl. The van der Waals surface area contributed by atoms with Crippen LogP contribution in [0.2, 0.25) is 5.02 Å². The first kappa shape index (κ1) is 17.2. The zero-order chi connectivity index (χ0) is 17.3. The van der Waals surface area contributed by atoms with Gasteiger partial charge in [-0.2, -0.15) is 0 Å². The van der Waals surface area contributed by atoms with Crippen LogP contribution in [0.3, 0.4) is 0 Å². The van der Waals surface area contributed by atoms with Crippen molar-refractivity contribution in [3.63, 3.8) is 0 Å². The quantitative estimate of drug-likeness (QED) is 0.639. The molecule has 4 nitrogen and oxygen atoms in total. The minimum atomic E-state index is -0.240. The largest absolute Gasteiger partial charge is 0.353 e. The first-order valence-electron chi connectivity index (χ1n) is 7.83. The Bertz CT molecular complexity index is 754. The van der Waals surface area contributed by atoms with Crippen molar-refractivity contribution in [2.45, 2.75) is 38.8 Å². The number of hydrogen-bond donors (Lipinski definition) is 2. The standard InChI is InChI=1S/C17H20ClFN4S/c1-9-15(24-10(2)22-9)8-21-17(20-3)23-14-7-11(14)16-12(18)5-4-6-13(16)19/h4-6,11,14H,7-8H2,1-3H3,(H2,20,21,23). The molecule has 7 heteroatoms. The zero-order valence-corrected chi connectivity index (χ0v) is 15.4. The summed E-state index contributed by atoms with van der Waals surface area (Å²) in [5, 5.41) is 8.18. The van der Waals surface area contributed by atoms with Crippen LogP contribution in [0.5, 0.6) is 0 Å². The molecule has 0 bridgehead atoms. The maximum absolute atomic E-state index is 14.0. The van der Waals surface area contributed by atoms with E-state index in [4.69, 9.17) is 11.6 Å². The maximum atomic E-state index is 14.0. The number of benzene rings is 1. The first-order valence-corrected chi connectivity index (χ1v) is 9.03. The second-order valence-electron chi connectivity index (χ2n) is 5.90. The molecule has 24 heavy (non-hydrogen) atoms. The Kier molecular flexibility index (Phi) is 5.06. The number of hydrogen-bond acceptors (Lipinski definition) is 3. The van der Waals surface area contributed by atoms with Gasteiger partial charge >= 0.3 is 0 Å². The van der Waals surface area contributed by atoms with Crippen LogP contribution in [0.1, 0.15) is 33.5 Å². The van der Waals surface area contributed by atoms with Gasteiger partial charge in [-0.1, -0.05) is 17.7 Å². The molecule has 0 saturated heterocycles. The van der Waals surface area contributed by atoms with E-state index in [1.807, 2.05) is 13.8 Å². The number of aryl methyl sites for hydroxylation is 2. The first-order chi connectivity index (χ1) is 11.5. The normalized spacial score (nSPS) is 20.1. The second-order valence-corrected chi connectivity index (χ2v) is 7.59. The number of guanidine groups is 1. The second kappa shape index (κ2) is 7.07. The molecule has 0 spiro atoms. The molecule has 0 amide bonds. The third kappa shape index (κ3) is 3.70. The smallest absolute Gasteiger partial charge is 0.191 e. The molecule has 1 aromatic carbocycles. The molecule has 1 saturated carbocycles. The van der Waals surface area contributed by atoms with Crippen molar-refractivity contribution in [2.75, 3.05) is 7.05 Å². The highest BCUT2D eigenvalue weighted by molar-refractivity contribution is 7.11.